The third-order valence-corrected chi connectivity index (χ3v) is 6.21. The second kappa shape index (κ2) is 8.64. The minimum Gasteiger partial charge on any atom is -0.490 e. The SMILES string of the molecule is Cl.ClC1=CCNc2c3c([nH]c2=C1[C@H]1CC[C@H](Oc2ccccc2)CC1)=CN=NC3. The molecule has 0 amide bonds. The molecule has 152 valence electrons. The molecule has 5 nitrogen and oxygen atoms in total. The highest BCUT2D eigenvalue weighted by atomic mass is 35.5. The van der Waals surface area contributed by atoms with Crippen molar-refractivity contribution in [2.45, 2.75) is 38.3 Å². The summed E-state index contributed by atoms with van der Waals surface area (Å²) in [4.78, 5) is 3.56. The largest absolute Gasteiger partial charge is 0.490 e. The number of anilines is 1. The zero-order valence-electron chi connectivity index (χ0n) is 16.0. The Hall–Kier alpha value is -2.24. The third kappa shape index (κ3) is 3.94. The molecule has 0 spiro atoms. The Labute approximate surface area is 181 Å². The number of nitrogens with one attached hydrogen (secondary N) is 2. The van der Waals surface area contributed by atoms with Crippen LogP contribution in [-0.4, -0.2) is 17.6 Å². The average Bonchev–Trinajstić information content (AvgIpc) is 3.00. The number of allylic oxidation sites excluding steroid dienone is 1. The van der Waals surface area contributed by atoms with E-state index in [-0.39, 0.29) is 18.5 Å². The molecule has 0 unspecified atom stereocenters. The van der Waals surface area contributed by atoms with E-state index < -0.39 is 0 Å². The van der Waals surface area contributed by atoms with Crippen LogP contribution in [0.2, 0.25) is 0 Å². The van der Waals surface area contributed by atoms with Crippen molar-refractivity contribution in [1.29, 1.82) is 0 Å². The Morgan fingerprint density at radius 2 is 1.86 bits per heavy atom. The van der Waals surface area contributed by atoms with Crippen molar-refractivity contribution in [3.8, 4) is 5.75 Å². The highest BCUT2D eigenvalue weighted by Crippen LogP contribution is 2.37. The smallest absolute Gasteiger partial charge is 0.119 e. The quantitative estimate of drug-likeness (QED) is 0.753. The minimum atomic E-state index is 0. The third-order valence-electron chi connectivity index (χ3n) is 5.85. The fourth-order valence-corrected chi connectivity index (χ4v) is 4.80. The maximum Gasteiger partial charge on any atom is 0.119 e. The van der Waals surface area contributed by atoms with Gasteiger partial charge in [0.25, 0.3) is 0 Å². The Morgan fingerprint density at radius 3 is 2.66 bits per heavy atom. The molecule has 2 N–H and O–H groups in total. The van der Waals surface area contributed by atoms with Crippen LogP contribution in [0.1, 0.15) is 31.2 Å². The maximum absolute atomic E-state index is 6.75. The number of ether oxygens (including phenoxy) is 1. The highest BCUT2D eigenvalue weighted by molar-refractivity contribution is 6.36. The maximum atomic E-state index is 6.75. The van der Waals surface area contributed by atoms with Gasteiger partial charge >= 0.3 is 0 Å². The van der Waals surface area contributed by atoms with Gasteiger partial charge in [0.15, 0.2) is 0 Å². The predicted octanol–water partition coefficient (Wildman–Crippen LogP) is 4.48. The van der Waals surface area contributed by atoms with E-state index in [9.17, 15) is 0 Å². The second-order valence-electron chi connectivity index (χ2n) is 7.56. The number of para-hydroxylation sites is 1. The second-order valence-corrected chi connectivity index (χ2v) is 7.97. The topological polar surface area (TPSA) is 61.8 Å². The van der Waals surface area contributed by atoms with Gasteiger partial charge in [-0.15, -0.1) is 12.4 Å². The van der Waals surface area contributed by atoms with Gasteiger partial charge in [-0.25, -0.2) is 0 Å². The van der Waals surface area contributed by atoms with Crippen molar-refractivity contribution in [2.24, 2.45) is 16.1 Å². The first-order valence-corrected chi connectivity index (χ1v) is 10.3. The summed E-state index contributed by atoms with van der Waals surface area (Å²) in [6.07, 6.45) is 8.36. The number of aromatic nitrogens is 1. The summed E-state index contributed by atoms with van der Waals surface area (Å²) in [7, 11) is 0. The molecule has 3 heterocycles. The zero-order valence-corrected chi connectivity index (χ0v) is 17.6. The normalized spacial score (nSPS) is 22.8. The summed E-state index contributed by atoms with van der Waals surface area (Å²) in [6.45, 7) is 1.33. The van der Waals surface area contributed by atoms with E-state index in [1.807, 2.05) is 30.3 Å². The number of halogens is 2. The number of hydrogen-bond acceptors (Lipinski definition) is 4. The van der Waals surface area contributed by atoms with Crippen LogP contribution in [-0.2, 0) is 6.54 Å². The summed E-state index contributed by atoms with van der Waals surface area (Å²) in [5.74, 6) is 1.38. The van der Waals surface area contributed by atoms with Gasteiger partial charge in [0.1, 0.15) is 5.75 Å². The summed E-state index contributed by atoms with van der Waals surface area (Å²) in [5, 5.41) is 14.7. The first-order chi connectivity index (χ1) is 13.8. The van der Waals surface area contributed by atoms with Gasteiger partial charge in [-0.3, -0.25) is 0 Å². The van der Waals surface area contributed by atoms with Crippen LogP contribution < -0.4 is 20.8 Å². The van der Waals surface area contributed by atoms with Crippen molar-refractivity contribution in [3.05, 3.63) is 57.7 Å². The molecule has 5 rings (SSSR count). The summed E-state index contributed by atoms with van der Waals surface area (Å²) in [6, 6.07) is 10.1. The number of H-pyrrole nitrogens is 1. The van der Waals surface area contributed by atoms with E-state index in [4.69, 9.17) is 16.3 Å². The number of nitrogens with zero attached hydrogens (tertiary/aromatic N) is 2. The monoisotopic (exact) mass is 430 g/mol. The number of benzene rings is 1. The van der Waals surface area contributed by atoms with Gasteiger partial charge in [0.2, 0.25) is 0 Å². The van der Waals surface area contributed by atoms with E-state index in [1.165, 1.54) is 11.1 Å². The van der Waals surface area contributed by atoms with E-state index >= 15 is 0 Å². The van der Waals surface area contributed by atoms with Crippen LogP contribution in [0.5, 0.6) is 5.75 Å². The number of rotatable bonds is 3. The van der Waals surface area contributed by atoms with Crippen molar-refractivity contribution >= 4 is 41.5 Å². The van der Waals surface area contributed by atoms with Crippen molar-refractivity contribution in [1.82, 2.24) is 4.98 Å². The molecule has 0 bridgehead atoms. The Balaban J connectivity index is 0.00000205. The Bertz CT molecular complexity index is 1050. The molecule has 0 atom stereocenters. The molecule has 0 radical (unpaired) electrons. The molecule has 29 heavy (non-hydrogen) atoms. The molecule has 3 aliphatic rings. The fraction of sp³-hybridized carbons (Fsp3) is 0.364. The van der Waals surface area contributed by atoms with Gasteiger partial charge in [-0.2, -0.15) is 10.2 Å². The summed E-state index contributed by atoms with van der Waals surface area (Å²) >= 11 is 6.75. The zero-order chi connectivity index (χ0) is 18.9. The lowest BCUT2D eigenvalue weighted by atomic mass is 9.81. The van der Waals surface area contributed by atoms with Crippen LogP contribution in [0.4, 0.5) is 5.69 Å². The lowest BCUT2D eigenvalue weighted by Gasteiger charge is -2.30. The van der Waals surface area contributed by atoms with E-state index in [1.54, 1.807) is 6.20 Å². The fourth-order valence-electron chi connectivity index (χ4n) is 4.47. The summed E-state index contributed by atoms with van der Waals surface area (Å²) in [5.41, 5.74) is 3.54. The molecule has 1 aromatic heterocycles. The first kappa shape index (κ1) is 20.0. The average molecular weight is 431 g/mol. The minimum absolute atomic E-state index is 0. The molecule has 7 heteroatoms. The van der Waals surface area contributed by atoms with Gasteiger partial charge < -0.3 is 15.0 Å². The van der Waals surface area contributed by atoms with Crippen LogP contribution >= 0.6 is 24.0 Å². The Kier molecular flexibility index (Phi) is 5.97. The number of hydrogen-bond donors (Lipinski definition) is 2. The molecule has 1 aromatic carbocycles. The molecule has 2 aromatic rings. The summed E-state index contributed by atoms with van der Waals surface area (Å²) < 4.78 is 6.17. The number of azo groups is 1. The van der Waals surface area contributed by atoms with Crippen LogP contribution in [0.25, 0.3) is 11.8 Å². The van der Waals surface area contributed by atoms with Crippen LogP contribution in [0.15, 0.2) is 51.7 Å². The molecular formula is C22H24Cl2N4O. The molecule has 1 fully saturated rings. The van der Waals surface area contributed by atoms with E-state index in [0.29, 0.717) is 12.5 Å². The van der Waals surface area contributed by atoms with Crippen LogP contribution in [0, 0.1) is 5.92 Å². The molecule has 1 saturated carbocycles. The molecule has 2 aliphatic heterocycles. The lowest BCUT2D eigenvalue weighted by Crippen LogP contribution is -2.27. The predicted molar refractivity (Wildman–Crippen MR) is 119 cm³/mol. The molecular weight excluding hydrogens is 407 g/mol. The Morgan fingerprint density at radius 1 is 1.07 bits per heavy atom. The number of aromatic amines is 1. The van der Waals surface area contributed by atoms with Gasteiger partial charge in [0, 0.05) is 17.1 Å². The first-order valence-electron chi connectivity index (χ1n) is 9.93. The highest BCUT2D eigenvalue weighted by Gasteiger charge is 2.29. The molecule has 1 aliphatic carbocycles. The standard InChI is InChI=1S/C22H23ClN4O.ClH/c23-18-10-11-24-21-17-12-25-26-13-19(17)27-22(21)20(18)14-6-8-16(9-7-14)28-15-4-2-1-3-5-15;/h1-5,10,13-14,16,24,27H,6-9,11-12H2;1H/t14-,16-;. The number of fused-ring (bicyclic) bond motifs is 3. The van der Waals surface area contributed by atoms with Gasteiger partial charge in [-0.05, 0) is 55.4 Å². The van der Waals surface area contributed by atoms with Crippen LogP contribution in [0.3, 0.4) is 0 Å². The van der Waals surface area contributed by atoms with Crippen molar-refractivity contribution < 1.29 is 4.74 Å². The van der Waals surface area contributed by atoms with Crippen molar-refractivity contribution in [3.63, 3.8) is 0 Å². The molecule has 0 saturated heterocycles. The van der Waals surface area contributed by atoms with Gasteiger partial charge in [-0.1, -0.05) is 29.8 Å². The van der Waals surface area contributed by atoms with E-state index in [0.717, 1.165) is 59.4 Å². The van der Waals surface area contributed by atoms with Gasteiger partial charge in [0.05, 0.1) is 35.2 Å². The van der Waals surface area contributed by atoms with Crippen molar-refractivity contribution in [2.75, 3.05) is 11.9 Å². The lowest BCUT2D eigenvalue weighted by molar-refractivity contribution is 0.143. The van der Waals surface area contributed by atoms with E-state index in [2.05, 4.69) is 26.6 Å².